The van der Waals surface area contributed by atoms with Crippen molar-refractivity contribution in [2.75, 3.05) is 32.1 Å². The first kappa shape index (κ1) is 15.9. The zero-order valence-corrected chi connectivity index (χ0v) is 14.4. The topological polar surface area (TPSA) is 23.6 Å². The average Bonchev–Trinajstić information content (AvgIpc) is 2.47. The summed E-state index contributed by atoms with van der Waals surface area (Å²) >= 11 is 2.10. The van der Waals surface area contributed by atoms with E-state index in [9.17, 15) is 4.79 Å². The Bertz CT molecular complexity index is 528. The van der Waals surface area contributed by atoms with Crippen LogP contribution in [0.5, 0.6) is 0 Å². The lowest BCUT2D eigenvalue weighted by atomic mass is 9.79. The Morgan fingerprint density at radius 1 is 1.36 bits per heavy atom. The van der Waals surface area contributed by atoms with Crippen molar-refractivity contribution in [2.24, 2.45) is 5.92 Å². The fraction of sp³-hybridized carbons (Fsp3) is 0.611. The maximum absolute atomic E-state index is 12.1. The van der Waals surface area contributed by atoms with Crippen molar-refractivity contribution < 1.29 is 4.79 Å². The molecule has 0 radical (unpaired) electrons. The van der Waals surface area contributed by atoms with Gasteiger partial charge in [-0.15, -0.1) is 0 Å². The van der Waals surface area contributed by atoms with Crippen LogP contribution in [0.2, 0.25) is 0 Å². The van der Waals surface area contributed by atoms with Crippen LogP contribution in [0, 0.1) is 5.92 Å². The molecule has 0 spiro atoms. The lowest BCUT2D eigenvalue weighted by Crippen LogP contribution is -2.48. The molecule has 1 aromatic rings. The number of amides is 1. The van der Waals surface area contributed by atoms with E-state index in [1.807, 2.05) is 26.2 Å². The summed E-state index contributed by atoms with van der Waals surface area (Å²) < 4.78 is 0. The van der Waals surface area contributed by atoms with Gasteiger partial charge in [-0.05, 0) is 36.5 Å². The molecule has 0 bridgehead atoms. The fourth-order valence-electron chi connectivity index (χ4n) is 3.41. The van der Waals surface area contributed by atoms with Crippen molar-refractivity contribution in [3.05, 3.63) is 35.4 Å². The van der Waals surface area contributed by atoms with E-state index in [2.05, 4.69) is 28.8 Å². The van der Waals surface area contributed by atoms with Crippen molar-refractivity contribution in [3.8, 4) is 0 Å². The predicted molar refractivity (Wildman–Crippen MR) is 93.3 cm³/mol. The highest BCUT2D eigenvalue weighted by atomic mass is 32.2. The minimum atomic E-state index is 0.0894. The molecule has 22 heavy (non-hydrogen) atoms. The van der Waals surface area contributed by atoms with Crippen LogP contribution < -0.4 is 0 Å². The van der Waals surface area contributed by atoms with Crippen LogP contribution in [0.4, 0.5) is 0 Å². The first-order valence-electron chi connectivity index (χ1n) is 8.27. The summed E-state index contributed by atoms with van der Waals surface area (Å²) in [6, 6.07) is 8.90. The summed E-state index contributed by atoms with van der Waals surface area (Å²) in [5, 5.41) is 0. The summed E-state index contributed by atoms with van der Waals surface area (Å²) in [6.45, 7) is 2.16. The summed E-state index contributed by atoms with van der Waals surface area (Å²) in [6.07, 6.45) is 4.22. The molecule has 1 aliphatic heterocycles. The van der Waals surface area contributed by atoms with Gasteiger partial charge in [-0.3, -0.25) is 9.69 Å². The normalized spacial score (nSPS) is 23.1. The van der Waals surface area contributed by atoms with Gasteiger partial charge in [0, 0.05) is 50.3 Å². The van der Waals surface area contributed by atoms with Gasteiger partial charge in [0.15, 0.2) is 0 Å². The van der Waals surface area contributed by atoms with Crippen molar-refractivity contribution >= 4 is 17.7 Å². The maximum Gasteiger partial charge on any atom is 0.253 e. The molecular weight excluding hydrogens is 292 g/mol. The van der Waals surface area contributed by atoms with Gasteiger partial charge in [0.25, 0.3) is 5.91 Å². The SMILES string of the molecule is CN(C)C(=O)c1cccc(CN2CCSC[C@H]2C2CCC2)c1. The third kappa shape index (κ3) is 3.49. The molecule has 1 amide bonds. The standard InChI is InChI=1S/C18H26N2OS/c1-19(2)18(21)16-8-3-5-14(11-16)12-20-9-10-22-13-17(20)15-6-4-7-15/h3,5,8,11,15,17H,4,6-7,9-10,12-13H2,1-2H3/t17-/m0/s1. The molecule has 4 heteroatoms. The Morgan fingerprint density at radius 2 is 2.18 bits per heavy atom. The Hall–Kier alpha value is -1.00. The lowest BCUT2D eigenvalue weighted by Gasteiger charge is -2.43. The molecule has 3 rings (SSSR count). The zero-order chi connectivity index (χ0) is 15.5. The monoisotopic (exact) mass is 318 g/mol. The van der Waals surface area contributed by atoms with Gasteiger partial charge >= 0.3 is 0 Å². The molecule has 2 fully saturated rings. The fourth-order valence-corrected chi connectivity index (χ4v) is 4.66. The van der Waals surface area contributed by atoms with Crippen molar-refractivity contribution in [1.29, 1.82) is 0 Å². The second-order valence-electron chi connectivity index (χ2n) is 6.70. The first-order valence-corrected chi connectivity index (χ1v) is 9.43. The van der Waals surface area contributed by atoms with E-state index in [4.69, 9.17) is 0 Å². The number of carbonyl (C=O) groups is 1. The molecule has 0 N–H and O–H groups in total. The number of carbonyl (C=O) groups excluding carboxylic acids is 1. The van der Waals surface area contributed by atoms with Crippen LogP contribution in [0.1, 0.15) is 35.2 Å². The Labute approximate surface area is 138 Å². The van der Waals surface area contributed by atoms with E-state index >= 15 is 0 Å². The van der Waals surface area contributed by atoms with E-state index in [0.717, 1.165) is 24.1 Å². The van der Waals surface area contributed by atoms with E-state index in [0.29, 0.717) is 0 Å². The van der Waals surface area contributed by atoms with Gasteiger partial charge in [0.05, 0.1) is 0 Å². The van der Waals surface area contributed by atoms with E-state index < -0.39 is 0 Å². The Kier molecular flexibility index (Phi) is 5.09. The van der Waals surface area contributed by atoms with Gasteiger partial charge in [-0.2, -0.15) is 11.8 Å². The second kappa shape index (κ2) is 7.05. The zero-order valence-electron chi connectivity index (χ0n) is 13.6. The molecular formula is C18H26N2OS. The van der Waals surface area contributed by atoms with Crippen LogP contribution in [0.3, 0.4) is 0 Å². The average molecular weight is 318 g/mol. The number of thioether (sulfide) groups is 1. The molecule has 1 aromatic carbocycles. The minimum Gasteiger partial charge on any atom is -0.345 e. The van der Waals surface area contributed by atoms with Crippen molar-refractivity contribution in [2.45, 2.75) is 31.8 Å². The molecule has 1 saturated heterocycles. The first-order chi connectivity index (χ1) is 10.6. The van der Waals surface area contributed by atoms with E-state index in [-0.39, 0.29) is 5.91 Å². The highest BCUT2D eigenvalue weighted by Crippen LogP contribution is 2.36. The highest BCUT2D eigenvalue weighted by Gasteiger charge is 2.33. The van der Waals surface area contributed by atoms with Gasteiger partial charge in [0.2, 0.25) is 0 Å². The molecule has 1 aliphatic carbocycles. The summed E-state index contributed by atoms with van der Waals surface area (Å²) in [5.74, 6) is 3.51. The molecule has 1 atom stereocenters. The van der Waals surface area contributed by atoms with Gasteiger partial charge in [-0.1, -0.05) is 18.6 Å². The third-order valence-electron chi connectivity index (χ3n) is 4.94. The lowest BCUT2D eigenvalue weighted by molar-refractivity contribution is 0.0827. The molecule has 1 heterocycles. The molecule has 2 aliphatic rings. The Balaban J connectivity index is 1.71. The molecule has 1 saturated carbocycles. The van der Waals surface area contributed by atoms with Gasteiger partial charge < -0.3 is 4.90 Å². The largest absolute Gasteiger partial charge is 0.345 e. The van der Waals surface area contributed by atoms with Crippen LogP contribution in [0.25, 0.3) is 0 Å². The van der Waals surface area contributed by atoms with Gasteiger partial charge in [-0.25, -0.2) is 0 Å². The van der Waals surface area contributed by atoms with Crippen LogP contribution >= 0.6 is 11.8 Å². The number of rotatable bonds is 4. The molecule has 3 nitrogen and oxygen atoms in total. The summed E-state index contributed by atoms with van der Waals surface area (Å²) in [5.41, 5.74) is 2.07. The molecule has 0 unspecified atom stereocenters. The highest BCUT2D eigenvalue weighted by molar-refractivity contribution is 7.99. The van der Waals surface area contributed by atoms with E-state index in [1.165, 1.54) is 42.9 Å². The van der Waals surface area contributed by atoms with Crippen LogP contribution in [-0.4, -0.2) is 53.9 Å². The predicted octanol–water partition coefficient (Wildman–Crippen LogP) is 3.11. The molecule has 0 aromatic heterocycles. The second-order valence-corrected chi connectivity index (χ2v) is 7.85. The van der Waals surface area contributed by atoms with Crippen molar-refractivity contribution in [3.63, 3.8) is 0 Å². The maximum atomic E-state index is 12.1. The quantitative estimate of drug-likeness (QED) is 0.852. The number of hydrogen-bond donors (Lipinski definition) is 0. The summed E-state index contributed by atoms with van der Waals surface area (Å²) in [7, 11) is 3.62. The number of nitrogens with zero attached hydrogens (tertiary/aromatic N) is 2. The van der Waals surface area contributed by atoms with Crippen LogP contribution in [0.15, 0.2) is 24.3 Å². The van der Waals surface area contributed by atoms with Crippen LogP contribution in [-0.2, 0) is 6.54 Å². The third-order valence-corrected chi connectivity index (χ3v) is 5.99. The smallest absolute Gasteiger partial charge is 0.253 e. The number of benzene rings is 1. The number of hydrogen-bond acceptors (Lipinski definition) is 3. The summed E-state index contributed by atoms with van der Waals surface area (Å²) in [4.78, 5) is 16.4. The van der Waals surface area contributed by atoms with E-state index in [1.54, 1.807) is 4.90 Å². The molecule has 120 valence electrons. The van der Waals surface area contributed by atoms with Gasteiger partial charge in [0.1, 0.15) is 0 Å². The van der Waals surface area contributed by atoms with Crippen molar-refractivity contribution in [1.82, 2.24) is 9.80 Å². The Morgan fingerprint density at radius 3 is 2.86 bits per heavy atom. The minimum absolute atomic E-state index is 0.0894.